The van der Waals surface area contributed by atoms with Crippen molar-refractivity contribution < 1.29 is 14.3 Å². The van der Waals surface area contributed by atoms with Gasteiger partial charge in [0.05, 0.1) is 5.92 Å². The molecule has 5 nitrogen and oxygen atoms in total. The van der Waals surface area contributed by atoms with Gasteiger partial charge in [-0.25, -0.2) is 0 Å². The predicted molar refractivity (Wildman–Crippen MR) is 109 cm³/mol. The molecule has 0 bridgehead atoms. The fraction of sp³-hybridized carbons (Fsp3) is 0.391. The van der Waals surface area contributed by atoms with Gasteiger partial charge in [-0.3, -0.25) is 9.59 Å². The lowest BCUT2D eigenvalue weighted by molar-refractivity contribution is -0.127. The van der Waals surface area contributed by atoms with Crippen LogP contribution in [0, 0.1) is 12.8 Å². The van der Waals surface area contributed by atoms with Crippen molar-refractivity contribution in [1.29, 1.82) is 0 Å². The fourth-order valence-corrected chi connectivity index (χ4v) is 4.06. The first-order chi connectivity index (χ1) is 13.6. The third-order valence-electron chi connectivity index (χ3n) is 5.69. The number of fused-ring (bicyclic) bond motifs is 1. The second-order valence-electron chi connectivity index (χ2n) is 7.79. The van der Waals surface area contributed by atoms with Crippen LogP contribution in [0.5, 0.6) is 5.75 Å². The smallest absolute Gasteiger partial charge is 0.255 e. The van der Waals surface area contributed by atoms with Gasteiger partial charge in [0.15, 0.2) is 0 Å². The number of amides is 2. The molecular weight excluding hydrogens is 352 g/mol. The number of hydrogen-bond acceptors (Lipinski definition) is 3. The summed E-state index contributed by atoms with van der Waals surface area (Å²) in [6.45, 7) is 2.32. The van der Waals surface area contributed by atoms with E-state index in [2.05, 4.69) is 10.6 Å². The average Bonchev–Trinajstić information content (AvgIpc) is 3.20. The number of benzene rings is 2. The van der Waals surface area contributed by atoms with Gasteiger partial charge in [-0.05, 0) is 61.6 Å². The quantitative estimate of drug-likeness (QED) is 0.849. The van der Waals surface area contributed by atoms with E-state index in [1.165, 1.54) is 12.8 Å². The van der Waals surface area contributed by atoms with Gasteiger partial charge in [0.25, 0.3) is 5.91 Å². The summed E-state index contributed by atoms with van der Waals surface area (Å²) in [4.78, 5) is 25.2. The Kier molecular flexibility index (Phi) is 5.33. The summed E-state index contributed by atoms with van der Waals surface area (Å²) in [5.74, 6) is 0.548. The molecule has 1 heterocycles. The SMILES string of the molecule is Cc1ccccc1C(=O)Nc1ccc2c(c1)CC(C(=O)NC1CCCC1)CO2. The molecule has 2 aromatic rings. The maximum atomic E-state index is 12.6. The Morgan fingerprint density at radius 1 is 1.07 bits per heavy atom. The third kappa shape index (κ3) is 4.03. The third-order valence-corrected chi connectivity index (χ3v) is 5.69. The van der Waals surface area contributed by atoms with Gasteiger partial charge in [0, 0.05) is 17.3 Å². The van der Waals surface area contributed by atoms with Crippen LogP contribution in [0.3, 0.4) is 0 Å². The number of aryl methyl sites for hydroxylation is 1. The van der Waals surface area contributed by atoms with Crippen LogP contribution in [0.4, 0.5) is 5.69 Å². The number of anilines is 1. The summed E-state index contributed by atoms with van der Waals surface area (Å²) < 4.78 is 5.81. The van der Waals surface area contributed by atoms with Crippen LogP contribution < -0.4 is 15.4 Å². The molecule has 4 rings (SSSR count). The van der Waals surface area contributed by atoms with Crippen molar-refractivity contribution in [3.63, 3.8) is 0 Å². The van der Waals surface area contributed by atoms with Crippen LogP contribution in [-0.2, 0) is 11.2 Å². The van der Waals surface area contributed by atoms with Crippen LogP contribution in [0.1, 0.15) is 47.2 Å². The zero-order valence-electron chi connectivity index (χ0n) is 16.2. The van der Waals surface area contributed by atoms with Gasteiger partial charge in [0.2, 0.25) is 5.91 Å². The van der Waals surface area contributed by atoms with E-state index in [9.17, 15) is 9.59 Å². The molecular formula is C23H26N2O3. The van der Waals surface area contributed by atoms with Gasteiger partial charge in [-0.15, -0.1) is 0 Å². The Morgan fingerprint density at radius 2 is 1.86 bits per heavy atom. The molecule has 0 saturated heterocycles. The van der Waals surface area contributed by atoms with Crippen LogP contribution in [0.25, 0.3) is 0 Å². The molecule has 1 aliphatic heterocycles. The molecule has 2 N–H and O–H groups in total. The topological polar surface area (TPSA) is 67.4 Å². The lowest BCUT2D eigenvalue weighted by Gasteiger charge is -2.26. The van der Waals surface area contributed by atoms with E-state index in [0.717, 1.165) is 29.7 Å². The number of ether oxygens (including phenoxy) is 1. The lowest BCUT2D eigenvalue weighted by Crippen LogP contribution is -2.41. The molecule has 146 valence electrons. The van der Waals surface area contributed by atoms with E-state index >= 15 is 0 Å². The van der Waals surface area contributed by atoms with Crippen molar-refractivity contribution >= 4 is 17.5 Å². The summed E-state index contributed by atoms with van der Waals surface area (Å²) in [5.41, 5.74) is 3.27. The molecule has 2 aromatic carbocycles. The van der Waals surface area contributed by atoms with Crippen LogP contribution in [-0.4, -0.2) is 24.5 Å². The first kappa shape index (κ1) is 18.5. The Balaban J connectivity index is 1.44. The largest absolute Gasteiger partial charge is 0.492 e. The van der Waals surface area contributed by atoms with E-state index in [1.54, 1.807) is 0 Å². The highest BCUT2D eigenvalue weighted by molar-refractivity contribution is 6.05. The molecule has 0 radical (unpaired) electrons. The summed E-state index contributed by atoms with van der Waals surface area (Å²) >= 11 is 0. The highest BCUT2D eigenvalue weighted by atomic mass is 16.5. The highest BCUT2D eigenvalue weighted by Gasteiger charge is 2.28. The number of carbonyl (C=O) groups excluding carboxylic acids is 2. The van der Waals surface area contributed by atoms with E-state index in [4.69, 9.17) is 4.74 Å². The number of carbonyl (C=O) groups is 2. The zero-order chi connectivity index (χ0) is 19.5. The Hall–Kier alpha value is -2.82. The van der Waals surface area contributed by atoms with Crippen molar-refractivity contribution in [2.24, 2.45) is 5.92 Å². The fourth-order valence-electron chi connectivity index (χ4n) is 4.06. The minimum Gasteiger partial charge on any atom is -0.492 e. The first-order valence-corrected chi connectivity index (χ1v) is 10.0. The van der Waals surface area contributed by atoms with Crippen LogP contribution in [0.2, 0.25) is 0 Å². The van der Waals surface area contributed by atoms with Gasteiger partial charge in [-0.1, -0.05) is 31.0 Å². The summed E-state index contributed by atoms with van der Waals surface area (Å²) in [6, 6.07) is 13.4. The van der Waals surface area contributed by atoms with Gasteiger partial charge < -0.3 is 15.4 Å². The van der Waals surface area contributed by atoms with Gasteiger partial charge in [-0.2, -0.15) is 0 Å². The van der Waals surface area contributed by atoms with Gasteiger partial charge in [0.1, 0.15) is 12.4 Å². The Labute approximate surface area is 165 Å². The van der Waals surface area contributed by atoms with Crippen LogP contribution >= 0.6 is 0 Å². The molecule has 0 aromatic heterocycles. The molecule has 0 spiro atoms. The summed E-state index contributed by atoms with van der Waals surface area (Å²) in [6.07, 6.45) is 5.16. The van der Waals surface area contributed by atoms with Crippen molar-refractivity contribution in [1.82, 2.24) is 5.32 Å². The van der Waals surface area contributed by atoms with Gasteiger partial charge >= 0.3 is 0 Å². The Morgan fingerprint density at radius 3 is 2.64 bits per heavy atom. The standard InChI is InChI=1S/C23H26N2O3/c1-15-6-2-5-9-20(15)23(27)25-19-10-11-21-16(13-19)12-17(14-28-21)22(26)24-18-7-3-4-8-18/h2,5-6,9-11,13,17-18H,3-4,7-8,12,14H2,1H3,(H,24,26)(H,25,27). The minimum atomic E-state index is -0.185. The van der Waals surface area contributed by atoms with E-state index in [-0.39, 0.29) is 17.7 Å². The predicted octanol–water partition coefficient (Wildman–Crippen LogP) is 3.86. The molecule has 1 atom stereocenters. The molecule has 1 aliphatic carbocycles. The van der Waals surface area contributed by atoms with Crippen LogP contribution in [0.15, 0.2) is 42.5 Å². The van der Waals surface area contributed by atoms with Crippen molar-refractivity contribution in [2.45, 2.75) is 45.1 Å². The molecule has 2 amide bonds. The Bertz CT molecular complexity index is 887. The normalized spacial score (nSPS) is 18.8. The molecule has 1 fully saturated rings. The second kappa shape index (κ2) is 8.05. The van der Waals surface area contributed by atoms with Crippen molar-refractivity contribution in [3.05, 3.63) is 59.2 Å². The molecule has 5 heteroatoms. The summed E-state index contributed by atoms with van der Waals surface area (Å²) in [7, 11) is 0. The maximum absolute atomic E-state index is 12.6. The number of nitrogens with one attached hydrogen (secondary N) is 2. The molecule has 2 aliphatic rings. The van der Waals surface area contributed by atoms with Crippen molar-refractivity contribution in [3.8, 4) is 5.75 Å². The molecule has 1 saturated carbocycles. The monoisotopic (exact) mass is 378 g/mol. The molecule has 1 unspecified atom stereocenters. The second-order valence-corrected chi connectivity index (χ2v) is 7.79. The van der Waals surface area contributed by atoms with E-state index < -0.39 is 0 Å². The zero-order valence-corrected chi connectivity index (χ0v) is 16.2. The first-order valence-electron chi connectivity index (χ1n) is 10.0. The number of rotatable bonds is 4. The maximum Gasteiger partial charge on any atom is 0.255 e. The number of hydrogen-bond donors (Lipinski definition) is 2. The van der Waals surface area contributed by atoms with Crippen molar-refractivity contribution in [2.75, 3.05) is 11.9 Å². The molecule has 28 heavy (non-hydrogen) atoms. The average molecular weight is 378 g/mol. The van der Waals surface area contributed by atoms with E-state index in [0.29, 0.717) is 30.3 Å². The lowest BCUT2D eigenvalue weighted by atomic mass is 9.95. The minimum absolute atomic E-state index is 0.0758. The summed E-state index contributed by atoms with van der Waals surface area (Å²) in [5, 5.41) is 6.12. The highest BCUT2D eigenvalue weighted by Crippen LogP contribution is 2.30. The van der Waals surface area contributed by atoms with E-state index in [1.807, 2.05) is 49.4 Å².